The predicted molar refractivity (Wildman–Crippen MR) is 101 cm³/mol. The molecule has 0 saturated heterocycles. The molecule has 0 saturated carbocycles. The summed E-state index contributed by atoms with van der Waals surface area (Å²) in [5, 5.41) is 9.09. The third kappa shape index (κ3) is 2.53. The number of anilines is 2. The van der Waals surface area contributed by atoms with E-state index in [9.17, 15) is 0 Å². The third-order valence-electron chi connectivity index (χ3n) is 4.36. The zero-order valence-corrected chi connectivity index (χ0v) is 14.5. The van der Waals surface area contributed by atoms with Crippen molar-refractivity contribution in [3.05, 3.63) is 59.1 Å². The van der Waals surface area contributed by atoms with Crippen LogP contribution in [-0.2, 0) is 6.42 Å². The summed E-state index contributed by atoms with van der Waals surface area (Å²) in [7, 11) is 4.11. The van der Waals surface area contributed by atoms with E-state index in [-0.39, 0.29) is 0 Å². The lowest BCUT2D eigenvalue weighted by Gasteiger charge is -2.13. The van der Waals surface area contributed by atoms with Gasteiger partial charge in [-0.15, -0.1) is 0 Å². The van der Waals surface area contributed by atoms with Crippen molar-refractivity contribution in [2.24, 2.45) is 0 Å². The summed E-state index contributed by atoms with van der Waals surface area (Å²) in [6, 6.07) is 16.3. The molecule has 0 spiro atoms. The SMILES string of the molecule is CN(C)c1cccc(-c2nn(-c3ccc(Cl)cc3)c3c2CCN3)c1. The standard InChI is InChI=1S/C19H19ClN4/c1-23(2)16-5-3-4-13(12-16)18-17-10-11-21-19(17)24(22-18)15-8-6-14(20)7-9-15/h3-9,12,21H,10-11H2,1-2H3. The molecule has 4 nitrogen and oxygen atoms in total. The van der Waals surface area contributed by atoms with Gasteiger partial charge in [-0.05, 0) is 42.8 Å². The average molecular weight is 339 g/mol. The lowest BCUT2D eigenvalue weighted by Crippen LogP contribution is -2.08. The van der Waals surface area contributed by atoms with E-state index >= 15 is 0 Å². The van der Waals surface area contributed by atoms with Crippen LogP contribution in [0.5, 0.6) is 0 Å². The van der Waals surface area contributed by atoms with E-state index in [1.807, 2.05) is 28.9 Å². The van der Waals surface area contributed by atoms with Gasteiger partial charge in [0.15, 0.2) is 0 Å². The number of fused-ring (bicyclic) bond motifs is 1. The van der Waals surface area contributed by atoms with E-state index in [1.165, 1.54) is 11.3 Å². The molecule has 0 unspecified atom stereocenters. The van der Waals surface area contributed by atoms with Gasteiger partial charge >= 0.3 is 0 Å². The molecular formula is C19H19ClN4. The minimum absolute atomic E-state index is 0.731. The van der Waals surface area contributed by atoms with Crippen molar-refractivity contribution in [1.29, 1.82) is 0 Å². The zero-order valence-electron chi connectivity index (χ0n) is 13.8. The molecule has 1 aliphatic heterocycles. The highest BCUT2D eigenvalue weighted by atomic mass is 35.5. The molecule has 0 atom stereocenters. The lowest BCUT2D eigenvalue weighted by atomic mass is 10.1. The van der Waals surface area contributed by atoms with Crippen LogP contribution in [0.2, 0.25) is 5.02 Å². The van der Waals surface area contributed by atoms with Crippen LogP contribution in [-0.4, -0.2) is 30.4 Å². The van der Waals surface area contributed by atoms with Gasteiger partial charge < -0.3 is 10.2 Å². The molecule has 1 aromatic heterocycles. The molecule has 0 amide bonds. The number of hydrogen-bond donors (Lipinski definition) is 1. The van der Waals surface area contributed by atoms with Crippen LogP contribution in [0, 0.1) is 0 Å². The van der Waals surface area contributed by atoms with E-state index < -0.39 is 0 Å². The molecule has 0 bridgehead atoms. The largest absolute Gasteiger partial charge is 0.378 e. The Hall–Kier alpha value is -2.46. The van der Waals surface area contributed by atoms with Crippen molar-refractivity contribution in [3.63, 3.8) is 0 Å². The predicted octanol–water partition coefficient (Wildman–Crippen LogP) is 4.23. The van der Waals surface area contributed by atoms with E-state index in [4.69, 9.17) is 16.7 Å². The summed E-state index contributed by atoms with van der Waals surface area (Å²) < 4.78 is 1.98. The number of halogens is 1. The van der Waals surface area contributed by atoms with Crippen LogP contribution in [0.4, 0.5) is 11.5 Å². The average Bonchev–Trinajstić information content (AvgIpc) is 3.18. The Kier molecular flexibility index (Phi) is 3.69. The van der Waals surface area contributed by atoms with Crippen molar-refractivity contribution >= 4 is 23.1 Å². The van der Waals surface area contributed by atoms with Gasteiger partial charge in [0.25, 0.3) is 0 Å². The van der Waals surface area contributed by atoms with Crippen molar-refractivity contribution in [3.8, 4) is 16.9 Å². The molecule has 3 aromatic rings. The van der Waals surface area contributed by atoms with Gasteiger partial charge in [0, 0.05) is 42.5 Å². The number of nitrogens with one attached hydrogen (secondary N) is 1. The first-order valence-corrected chi connectivity index (χ1v) is 8.41. The Balaban J connectivity index is 1.84. The minimum atomic E-state index is 0.731. The van der Waals surface area contributed by atoms with Gasteiger partial charge in [0.1, 0.15) is 5.82 Å². The van der Waals surface area contributed by atoms with E-state index in [1.54, 1.807) is 0 Å². The van der Waals surface area contributed by atoms with Gasteiger partial charge in [0.2, 0.25) is 0 Å². The summed E-state index contributed by atoms with van der Waals surface area (Å²) in [6.07, 6.45) is 0.991. The Morgan fingerprint density at radius 2 is 1.92 bits per heavy atom. The molecule has 0 aliphatic carbocycles. The van der Waals surface area contributed by atoms with Crippen LogP contribution in [0.25, 0.3) is 16.9 Å². The summed E-state index contributed by atoms with van der Waals surface area (Å²) in [4.78, 5) is 2.11. The summed E-state index contributed by atoms with van der Waals surface area (Å²) in [6.45, 7) is 0.946. The van der Waals surface area contributed by atoms with Gasteiger partial charge in [-0.1, -0.05) is 23.7 Å². The number of benzene rings is 2. The van der Waals surface area contributed by atoms with Crippen LogP contribution in [0.15, 0.2) is 48.5 Å². The fourth-order valence-corrected chi connectivity index (χ4v) is 3.23. The molecule has 1 N–H and O–H groups in total. The van der Waals surface area contributed by atoms with E-state index in [0.717, 1.165) is 40.8 Å². The Bertz CT molecular complexity index is 881. The maximum absolute atomic E-state index is 6.01. The van der Waals surface area contributed by atoms with E-state index in [0.29, 0.717) is 0 Å². The third-order valence-corrected chi connectivity index (χ3v) is 4.61. The summed E-state index contributed by atoms with van der Waals surface area (Å²) in [5.74, 6) is 1.09. The van der Waals surface area contributed by atoms with Crippen molar-refractivity contribution < 1.29 is 0 Å². The molecule has 2 aromatic carbocycles. The summed E-state index contributed by atoms with van der Waals surface area (Å²) in [5.41, 5.74) is 5.66. The van der Waals surface area contributed by atoms with Crippen LogP contribution < -0.4 is 10.2 Å². The second-order valence-electron chi connectivity index (χ2n) is 6.19. The van der Waals surface area contributed by atoms with Gasteiger partial charge in [-0.2, -0.15) is 5.10 Å². The first-order chi connectivity index (χ1) is 11.6. The summed E-state index contributed by atoms with van der Waals surface area (Å²) >= 11 is 6.01. The highest BCUT2D eigenvalue weighted by Crippen LogP contribution is 2.35. The molecule has 122 valence electrons. The maximum atomic E-state index is 6.01. The quantitative estimate of drug-likeness (QED) is 0.776. The van der Waals surface area contributed by atoms with Gasteiger partial charge in [-0.25, -0.2) is 4.68 Å². The van der Waals surface area contributed by atoms with Crippen molar-refractivity contribution in [1.82, 2.24) is 9.78 Å². The molecule has 5 heteroatoms. The van der Waals surface area contributed by atoms with Crippen molar-refractivity contribution in [2.75, 3.05) is 30.9 Å². The topological polar surface area (TPSA) is 33.1 Å². The highest BCUT2D eigenvalue weighted by molar-refractivity contribution is 6.30. The number of rotatable bonds is 3. The second-order valence-corrected chi connectivity index (χ2v) is 6.62. The fraction of sp³-hybridized carbons (Fsp3) is 0.211. The first-order valence-electron chi connectivity index (χ1n) is 8.03. The van der Waals surface area contributed by atoms with E-state index in [2.05, 4.69) is 48.6 Å². The number of hydrogen-bond acceptors (Lipinski definition) is 3. The fourth-order valence-electron chi connectivity index (χ4n) is 3.11. The lowest BCUT2D eigenvalue weighted by molar-refractivity contribution is 0.882. The number of nitrogens with zero attached hydrogens (tertiary/aromatic N) is 3. The Labute approximate surface area is 146 Å². The Morgan fingerprint density at radius 1 is 1.12 bits per heavy atom. The van der Waals surface area contributed by atoms with Gasteiger partial charge in [0.05, 0.1) is 11.4 Å². The van der Waals surface area contributed by atoms with Crippen LogP contribution >= 0.6 is 11.6 Å². The minimum Gasteiger partial charge on any atom is -0.378 e. The zero-order chi connectivity index (χ0) is 16.7. The molecule has 4 rings (SSSR count). The van der Waals surface area contributed by atoms with Crippen molar-refractivity contribution in [2.45, 2.75) is 6.42 Å². The van der Waals surface area contributed by atoms with Gasteiger partial charge in [-0.3, -0.25) is 0 Å². The number of aromatic nitrogens is 2. The molecule has 1 aliphatic rings. The molecular weight excluding hydrogens is 320 g/mol. The molecule has 24 heavy (non-hydrogen) atoms. The molecule has 0 radical (unpaired) electrons. The highest BCUT2D eigenvalue weighted by Gasteiger charge is 2.24. The monoisotopic (exact) mass is 338 g/mol. The normalized spacial score (nSPS) is 12.8. The Morgan fingerprint density at radius 3 is 2.67 bits per heavy atom. The second kappa shape index (κ2) is 5.87. The van der Waals surface area contributed by atoms with Crippen LogP contribution in [0.1, 0.15) is 5.56 Å². The molecule has 0 fully saturated rings. The maximum Gasteiger partial charge on any atom is 0.133 e. The smallest absolute Gasteiger partial charge is 0.133 e. The van der Waals surface area contributed by atoms with Crippen LogP contribution in [0.3, 0.4) is 0 Å². The molecule has 2 heterocycles. The first kappa shape index (κ1) is 15.1.